The first kappa shape index (κ1) is 22.1. The number of carbonyl (C=O) groups is 2. The van der Waals surface area contributed by atoms with Gasteiger partial charge in [0, 0.05) is 18.3 Å². The lowest BCUT2D eigenvalue weighted by atomic mass is 9.90. The van der Waals surface area contributed by atoms with Gasteiger partial charge in [-0.2, -0.15) is 10.1 Å². The molecule has 1 N–H and O–H groups in total. The maximum absolute atomic E-state index is 12.9. The average molecular weight is 456 g/mol. The van der Waals surface area contributed by atoms with Gasteiger partial charge in [0.1, 0.15) is 0 Å². The number of rotatable bonds is 5. The van der Waals surface area contributed by atoms with Crippen molar-refractivity contribution in [3.63, 3.8) is 0 Å². The molecule has 0 saturated heterocycles. The summed E-state index contributed by atoms with van der Waals surface area (Å²) in [7, 11) is 0. The van der Waals surface area contributed by atoms with E-state index in [1.807, 2.05) is 12.1 Å². The van der Waals surface area contributed by atoms with Crippen LogP contribution in [0, 0.1) is 0 Å². The highest BCUT2D eigenvalue weighted by atomic mass is 16.4. The zero-order valence-corrected chi connectivity index (χ0v) is 19.2. The minimum absolute atomic E-state index is 0.0778. The van der Waals surface area contributed by atoms with E-state index in [4.69, 9.17) is 0 Å². The van der Waals surface area contributed by atoms with Crippen LogP contribution in [0.2, 0.25) is 0 Å². The van der Waals surface area contributed by atoms with Gasteiger partial charge in [0.2, 0.25) is 0 Å². The van der Waals surface area contributed by atoms with Gasteiger partial charge < -0.3 is 10.0 Å². The monoisotopic (exact) mass is 455 g/mol. The Morgan fingerprint density at radius 3 is 2.59 bits per heavy atom. The van der Waals surface area contributed by atoms with E-state index in [0.29, 0.717) is 11.7 Å². The number of hydrogen-bond acceptors (Lipinski definition) is 4. The van der Waals surface area contributed by atoms with Crippen molar-refractivity contribution in [3.05, 3.63) is 77.4 Å². The molecule has 0 bridgehead atoms. The molecule has 0 spiro atoms. The van der Waals surface area contributed by atoms with E-state index >= 15 is 0 Å². The summed E-state index contributed by atoms with van der Waals surface area (Å²) in [5, 5.41) is 14.8. The molecule has 3 aliphatic rings. The number of carbonyl (C=O) groups excluding carboxylic acids is 1. The number of anilines is 2. The van der Waals surface area contributed by atoms with Crippen LogP contribution < -0.4 is 9.91 Å². The molecule has 2 aliphatic heterocycles. The van der Waals surface area contributed by atoms with Crippen molar-refractivity contribution >= 4 is 35.0 Å². The Morgan fingerprint density at radius 1 is 1.03 bits per heavy atom. The molecule has 1 amide bonds. The smallest absolute Gasteiger partial charge is 0.357 e. The summed E-state index contributed by atoms with van der Waals surface area (Å²) in [6.07, 6.45) is 14.0. The molecule has 0 atom stereocenters. The Morgan fingerprint density at radius 2 is 1.82 bits per heavy atom. The van der Waals surface area contributed by atoms with Gasteiger partial charge in [-0.25, -0.2) is 4.79 Å². The van der Waals surface area contributed by atoms with Gasteiger partial charge in [-0.05, 0) is 67.2 Å². The molecule has 0 radical (unpaired) electrons. The molecule has 1 saturated carbocycles. The maximum Gasteiger partial charge on any atom is 0.357 e. The largest absolute Gasteiger partial charge is 0.476 e. The lowest BCUT2D eigenvalue weighted by Gasteiger charge is -2.40. The molecule has 174 valence electrons. The molecule has 6 heteroatoms. The zero-order valence-electron chi connectivity index (χ0n) is 19.2. The fraction of sp³-hybridized carbons (Fsp3) is 0.321. The summed E-state index contributed by atoms with van der Waals surface area (Å²) >= 11 is 0. The quantitative estimate of drug-likeness (QED) is 0.629. The van der Waals surface area contributed by atoms with Crippen molar-refractivity contribution in [3.8, 4) is 0 Å². The van der Waals surface area contributed by atoms with Gasteiger partial charge in [0.15, 0.2) is 5.71 Å². The number of aryl methyl sites for hydroxylation is 1. The van der Waals surface area contributed by atoms with Gasteiger partial charge in [-0.3, -0.25) is 4.79 Å². The predicted octanol–water partition coefficient (Wildman–Crippen LogP) is 5.20. The number of carboxylic acid groups (broad SMARTS) is 1. The number of fused-ring (bicyclic) bond motifs is 1. The summed E-state index contributed by atoms with van der Waals surface area (Å²) in [4.78, 5) is 27.2. The van der Waals surface area contributed by atoms with E-state index in [1.165, 1.54) is 49.8 Å². The first-order chi connectivity index (χ1) is 16.6. The molecular formula is C28H29N3O3. The van der Waals surface area contributed by atoms with Crippen molar-refractivity contribution < 1.29 is 14.7 Å². The first-order valence-electron chi connectivity index (χ1n) is 12.1. The van der Waals surface area contributed by atoms with Crippen LogP contribution in [0.1, 0.15) is 49.7 Å². The molecular weight excluding hydrogens is 426 g/mol. The molecule has 6 nitrogen and oxygen atoms in total. The van der Waals surface area contributed by atoms with Crippen LogP contribution in [-0.4, -0.2) is 35.3 Å². The molecule has 2 aromatic carbocycles. The molecule has 1 aliphatic carbocycles. The van der Waals surface area contributed by atoms with Crippen molar-refractivity contribution in [1.82, 2.24) is 0 Å². The number of carboxylic acids is 1. The van der Waals surface area contributed by atoms with Gasteiger partial charge in [-0.15, -0.1) is 0 Å². The van der Waals surface area contributed by atoms with Crippen LogP contribution >= 0.6 is 0 Å². The molecule has 0 unspecified atom stereocenters. The minimum atomic E-state index is -1.22. The Bertz CT molecular complexity index is 1180. The highest BCUT2D eigenvalue weighted by molar-refractivity contribution is 6.52. The lowest BCUT2D eigenvalue weighted by molar-refractivity contribution is -0.129. The van der Waals surface area contributed by atoms with Gasteiger partial charge in [0.25, 0.3) is 5.91 Å². The summed E-state index contributed by atoms with van der Waals surface area (Å²) in [6, 6.07) is 16.1. The third kappa shape index (κ3) is 4.40. The average Bonchev–Trinajstić information content (AvgIpc) is 3.21. The third-order valence-electron chi connectivity index (χ3n) is 6.91. The number of hydrogen-bond donors (Lipinski definition) is 1. The van der Waals surface area contributed by atoms with Crippen molar-refractivity contribution in [2.45, 2.75) is 51.0 Å². The normalized spacial score (nSPS) is 20.2. The van der Waals surface area contributed by atoms with Crippen molar-refractivity contribution in [2.75, 3.05) is 16.5 Å². The van der Waals surface area contributed by atoms with Gasteiger partial charge >= 0.3 is 5.97 Å². The van der Waals surface area contributed by atoms with Crippen LogP contribution in [-0.2, 0) is 16.0 Å². The summed E-state index contributed by atoms with van der Waals surface area (Å²) in [5.74, 6) is -1.66. The van der Waals surface area contributed by atoms with E-state index < -0.39 is 11.9 Å². The van der Waals surface area contributed by atoms with Crippen LogP contribution in [0.3, 0.4) is 0 Å². The van der Waals surface area contributed by atoms with Gasteiger partial charge in [0.05, 0.1) is 11.3 Å². The van der Waals surface area contributed by atoms with Crippen LogP contribution in [0.5, 0.6) is 0 Å². The number of benzene rings is 2. The standard InChI is InChI=1S/C28H29N3O3/c32-27-24(26(28(33)34)29-31(27)23-13-5-2-6-14-23)15-7-9-20-16-17-25-21(19-20)10-8-18-30(25)22-11-3-1-4-12-22/h2,5-7,9,13-17,19,22H,1,3-4,8,10-12,18H2,(H,33,34)/b9-7+,24-15-. The minimum Gasteiger partial charge on any atom is -0.476 e. The highest BCUT2D eigenvalue weighted by Gasteiger charge is 2.34. The van der Waals surface area contributed by atoms with Crippen LogP contribution in [0.4, 0.5) is 11.4 Å². The fourth-order valence-electron chi connectivity index (χ4n) is 5.24. The zero-order chi connectivity index (χ0) is 23.5. The van der Waals surface area contributed by atoms with Gasteiger partial charge in [-0.1, -0.05) is 55.7 Å². The molecule has 5 rings (SSSR count). The number of hydrazone groups is 1. The number of aliphatic carboxylic acids is 1. The Balaban J connectivity index is 1.36. The van der Waals surface area contributed by atoms with Crippen molar-refractivity contribution in [1.29, 1.82) is 0 Å². The first-order valence-corrected chi connectivity index (χ1v) is 12.1. The highest BCUT2D eigenvalue weighted by Crippen LogP contribution is 2.34. The lowest BCUT2D eigenvalue weighted by Crippen LogP contribution is -2.40. The molecule has 0 aromatic heterocycles. The van der Waals surface area contributed by atoms with Crippen molar-refractivity contribution in [2.24, 2.45) is 5.10 Å². The Kier molecular flexibility index (Phi) is 6.30. The predicted molar refractivity (Wildman–Crippen MR) is 135 cm³/mol. The topological polar surface area (TPSA) is 73.2 Å². The number of allylic oxidation sites excluding steroid dienone is 2. The Labute approximate surface area is 199 Å². The second-order valence-corrected chi connectivity index (χ2v) is 9.12. The van der Waals surface area contributed by atoms with Crippen LogP contribution in [0.25, 0.3) is 6.08 Å². The van der Waals surface area contributed by atoms with E-state index in [9.17, 15) is 14.7 Å². The maximum atomic E-state index is 12.9. The van der Waals surface area contributed by atoms with Crippen LogP contribution in [0.15, 0.2) is 71.4 Å². The summed E-state index contributed by atoms with van der Waals surface area (Å²) < 4.78 is 0. The van der Waals surface area contributed by atoms with E-state index in [-0.39, 0.29) is 11.3 Å². The summed E-state index contributed by atoms with van der Waals surface area (Å²) in [5.41, 5.74) is 4.14. The molecule has 34 heavy (non-hydrogen) atoms. The second kappa shape index (κ2) is 9.67. The number of para-hydroxylation sites is 1. The SMILES string of the molecule is O=C(O)C1=NN(c2ccccc2)C(=O)/C1=C\C=C\c1ccc2c(c1)CCCN2C1CCCCC1. The Hall–Kier alpha value is -3.67. The molecule has 2 heterocycles. The van der Waals surface area contributed by atoms with E-state index in [0.717, 1.165) is 23.5 Å². The fourth-order valence-corrected chi connectivity index (χ4v) is 5.24. The van der Waals surface area contributed by atoms with E-state index in [1.54, 1.807) is 36.4 Å². The third-order valence-corrected chi connectivity index (χ3v) is 6.91. The van der Waals surface area contributed by atoms with E-state index in [2.05, 4.69) is 28.2 Å². The summed E-state index contributed by atoms with van der Waals surface area (Å²) in [6.45, 7) is 1.14. The molecule has 2 aromatic rings. The number of nitrogens with zero attached hydrogens (tertiary/aromatic N) is 3. The second-order valence-electron chi connectivity index (χ2n) is 9.12. The number of amides is 1. The molecule has 1 fully saturated rings.